The average Bonchev–Trinajstić information content (AvgIpc) is 3.27. The van der Waals surface area contributed by atoms with Crippen LogP contribution in [0.4, 0.5) is 5.69 Å². The summed E-state index contributed by atoms with van der Waals surface area (Å²) in [4.78, 5) is 12.3. The fourth-order valence-electron chi connectivity index (χ4n) is 3.06. The molecule has 24 heavy (non-hydrogen) atoms. The van der Waals surface area contributed by atoms with E-state index in [0.29, 0.717) is 23.2 Å². The van der Waals surface area contributed by atoms with Gasteiger partial charge in [0.05, 0.1) is 6.10 Å². The molecule has 0 radical (unpaired) electrons. The van der Waals surface area contributed by atoms with Crippen LogP contribution >= 0.6 is 0 Å². The zero-order valence-corrected chi connectivity index (χ0v) is 13.3. The van der Waals surface area contributed by atoms with Gasteiger partial charge in [-0.3, -0.25) is 4.79 Å². The largest absolute Gasteiger partial charge is 0.490 e. The minimum absolute atomic E-state index is 0.183. The average molecular weight is 325 g/mol. The van der Waals surface area contributed by atoms with Crippen molar-refractivity contribution in [1.29, 1.82) is 0 Å². The maximum atomic E-state index is 12.3. The number of hydrogen-bond donors (Lipinski definition) is 1. The Labute approximate surface area is 140 Å². The Morgan fingerprint density at radius 1 is 1.00 bits per heavy atom. The molecule has 0 saturated heterocycles. The van der Waals surface area contributed by atoms with Crippen molar-refractivity contribution in [2.45, 2.75) is 31.8 Å². The highest BCUT2D eigenvalue weighted by Gasteiger charge is 2.17. The van der Waals surface area contributed by atoms with Crippen LogP contribution in [0.3, 0.4) is 0 Å². The first kappa shape index (κ1) is 14.9. The summed E-state index contributed by atoms with van der Waals surface area (Å²) in [5.74, 6) is 1.93. The second-order valence-corrected chi connectivity index (χ2v) is 6.07. The topological polar surface area (TPSA) is 56.8 Å². The molecule has 2 aromatic rings. The lowest BCUT2D eigenvalue weighted by atomic mass is 10.2. The monoisotopic (exact) mass is 325 g/mol. The molecule has 1 aliphatic heterocycles. The van der Waals surface area contributed by atoms with Gasteiger partial charge in [-0.15, -0.1) is 0 Å². The number of nitrogens with one attached hydrogen (secondary N) is 1. The molecule has 5 heteroatoms. The number of hydrogen-bond acceptors (Lipinski definition) is 4. The lowest BCUT2D eigenvalue weighted by Crippen LogP contribution is -2.12. The van der Waals surface area contributed by atoms with Gasteiger partial charge in [0.25, 0.3) is 5.91 Å². The molecule has 0 bridgehead atoms. The zero-order chi connectivity index (χ0) is 16.4. The molecular formula is C19H19NO4. The SMILES string of the molecule is O=C(Nc1ccc(OC2CCCC2)cc1)c1ccc2c(c1)OCO2. The summed E-state index contributed by atoms with van der Waals surface area (Å²) in [6.07, 6.45) is 5.08. The second kappa shape index (κ2) is 6.43. The highest BCUT2D eigenvalue weighted by molar-refractivity contribution is 6.04. The van der Waals surface area contributed by atoms with Crippen LogP contribution in [0.1, 0.15) is 36.0 Å². The Balaban J connectivity index is 1.40. The van der Waals surface area contributed by atoms with E-state index in [1.165, 1.54) is 12.8 Å². The Kier molecular flexibility index (Phi) is 3.99. The van der Waals surface area contributed by atoms with E-state index in [9.17, 15) is 4.79 Å². The number of fused-ring (bicyclic) bond motifs is 1. The molecule has 124 valence electrons. The van der Waals surface area contributed by atoms with Crippen LogP contribution < -0.4 is 19.5 Å². The molecule has 1 amide bonds. The first-order valence-corrected chi connectivity index (χ1v) is 8.26. The molecule has 1 aliphatic carbocycles. The number of anilines is 1. The van der Waals surface area contributed by atoms with Crippen LogP contribution in [-0.4, -0.2) is 18.8 Å². The third-order valence-electron chi connectivity index (χ3n) is 4.35. The molecular weight excluding hydrogens is 306 g/mol. The van der Waals surface area contributed by atoms with E-state index in [-0.39, 0.29) is 12.7 Å². The van der Waals surface area contributed by atoms with Crippen LogP contribution in [0.25, 0.3) is 0 Å². The first-order chi connectivity index (χ1) is 11.8. The molecule has 2 aliphatic rings. The molecule has 2 aromatic carbocycles. The van der Waals surface area contributed by atoms with Crippen LogP contribution in [0.15, 0.2) is 42.5 Å². The normalized spacial score (nSPS) is 16.2. The summed E-state index contributed by atoms with van der Waals surface area (Å²) >= 11 is 0. The van der Waals surface area contributed by atoms with Gasteiger partial charge in [0.15, 0.2) is 11.5 Å². The van der Waals surface area contributed by atoms with E-state index < -0.39 is 0 Å². The lowest BCUT2D eigenvalue weighted by Gasteiger charge is -2.13. The maximum absolute atomic E-state index is 12.3. The van der Waals surface area contributed by atoms with Gasteiger partial charge in [0.1, 0.15) is 5.75 Å². The van der Waals surface area contributed by atoms with Gasteiger partial charge >= 0.3 is 0 Å². The predicted molar refractivity (Wildman–Crippen MR) is 89.8 cm³/mol. The van der Waals surface area contributed by atoms with Crippen molar-refractivity contribution in [2.75, 3.05) is 12.1 Å². The summed E-state index contributed by atoms with van der Waals surface area (Å²) in [7, 11) is 0. The van der Waals surface area contributed by atoms with Crippen molar-refractivity contribution >= 4 is 11.6 Å². The summed E-state index contributed by atoms with van der Waals surface area (Å²) in [6, 6.07) is 12.7. The first-order valence-electron chi connectivity index (χ1n) is 8.26. The van der Waals surface area contributed by atoms with Crippen molar-refractivity contribution in [1.82, 2.24) is 0 Å². The van der Waals surface area contributed by atoms with Gasteiger partial charge in [-0.2, -0.15) is 0 Å². The number of benzene rings is 2. The van der Waals surface area contributed by atoms with Gasteiger partial charge in [-0.05, 0) is 68.1 Å². The Morgan fingerprint density at radius 2 is 1.75 bits per heavy atom. The van der Waals surface area contributed by atoms with E-state index in [2.05, 4.69) is 5.32 Å². The van der Waals surface area contributed by atoms with Gasteiger partial charge < -0.3 is 19.5 Å². The smallest absolute Gasteiger partial charge is 0.255 e. The number of ether oxygens (including phenoxy) is 3. The molecule has 1 heterocycles. The number of rotatable bonds is 4. The molecule has 0 unspecified atom stereocenters. The van der Waals surface area contributed by atoms with Crippen molar-refractivity contribution in [2.24, 2.45) is 0 Å². The van der Waals surface area contributed by atoms with Gasteiger partial charge in [-0.25, -0.2) is 0 Å². The Morgan fingerprint density at radius 3 is 2.54 bits per heavy atom. The van der Waals surface area contributed by atoms with Gasteiger partial charge in [0, 0.05) is 11.3 Å². The fraction of sp³-hybridized carbons (Fsp3) is 0.316. The van der Waals surface area contributed by atoms with Gasteiger partial charge in [0.2, 0.25) is 6.79 Å². The van der Waals surface area contributed by atoms with Crippen molar-refractivity contribution in [3.63, 3.8) is 0 Å². The third kappa shape index (κ3) is 3.15. The Bertz CT molecular complexity index is 736. The van der Waals surface area contributed by atoms with Crippen molar-refractivity contribution in [3.05, 3.63) is 48.0 Å². The maximum Gasteiger partial charge on any atom is 0.255 e. The molecule has 4 rings (SSSR count). The lowest BCUT2D eigenvalue weighted by molar-refractivity contribution is 0.102. The number of carbonyl (C=O) groups excluding carboxylic acids is 1. The van der Waals surface area contributed by atoms with Crippen molar-refractivity contribution < 1.29 is 19.0 Å². The molecule has 0 aromatic heterocycles. The van der Waals surface area contributed by atoms with Crippen LogP contribution in [0.5, 0.6) is 17.2 Å². The predicted octanol–water partition coefficient (Wildman–Crippen LogP) is 3.99. The van der Waals surface area contributed by atoms with E-state index in [4.69, 9.17) is 14.2 Å². The second-order valence-electron chi connectivity index (χ2n) is 6.07. The molecule has 5 nitrogen and oxygen atoms in total. The minimum atomic E-state index is -0.183. The molecule has 1 saturated carbocycles. The molecule has 1 fully saturated rings. The third-order valence-corrected chi connectivity index (χ3v) is 4.35. The molecule has 1 N–H and O–H groups in total. The van der Waals surface area contributed by atoms with E-state index in [0.717, 1.165) is 24.3 Å². The highest BCUT2D eigenvalue weighted by atomic mass is 16.7. The number of carbonyl (C=O) groups is 1. The summed E-state index contributed by atoms with van der Waals surface area (Å²) in [6.45, 7) is 0.197. The van der Waals surface area contributed by atoms with Crippen LogP contribution in [0.2, 0.25) is 0 Å². The standard InChI is InChI=1S/C19H19NO4/c21-19(13-5-10-17-18(11-13)23-12-22-17)20-14-6-8-16(9-7-14)24-15-3-1-2-4-15/h5-11,15H,1-4,12H2,(H,20,21). The fourth-order valence-corrected chi connectivity index (χ4v) is 3.06. The summed E-state index contributed by atoms with van der Waals surface area (Å²) < 4.78 is 16.5. The molecule has 0 spiro atoms. The summed E-state index contributed by atoms with van der Waals surface area (Å²) in [5, 5.41) is 2.88. The minimum Gasteiger partial charge on any atom is -0.490 e. The summed E-state index contributed by atoms with van der Waals surface area (Å²) in [5.41, 5.74) is 1.27. The highest BCUT2D eigenvalue weighted by Crippen LogP contribution is 2.32. The van der Waals surface area contributed by atoms with Crippen molar-refractivity contribution in [3.8, 4) is 17.2 Å². The Hall–Kier alpha value is -2.69. The van der Waals surface area contributed by atoms with E-state index in [1.54, 1.807) is 18.2 Å². The number of amides is 1. The van der Waals surface area contributed by atoms with Crippen LogP contribution in [-0.2, 0) is 0 Å². The molecule has 0 atom stereocenters. The van der Waals surface area contributed by atoms with Crippen LogP contribution in [0, 0.1) is 0 Å². The zero-order valence-electron chi connectivity index (χ0n) is 13.3. The quantitative estimate of drug-likeness (QED) is 0.923. The van der Waals surface area contributed by atoms with E-state index in [1.807, 2.05) is 24.3 Å². The van der Waals surface area contributed by atoms with E-state index >= 15 is 0 Å². The van der Waals surface area contributed by atoms with Gasteiger partial charge in [-0.1, -0.05) is 0 Å².